The van der Waals surface area contributed by atoms with Crippen molar-refractivity contribution in [3.05, 3.63) is 59.9 Å². The average Bonchev–Trinajstić information content (AvgIpc) is 3.22. The van der Waals surface area contributed by atoms with Crippen LogP contribution in [-0.2, 0) is 4.79 Å². The minimum atomic E-state index is -0.805. The van der Waals surface area contributed by atoms with Gasteiger partial charge in [0.2, 0.25) is 5.91 Å². The normalized spacial score (nSPS) is 15.5. The van der Waals surface area contributed by atoms with Crippen LogP contribution in [0.1, 0.15) is 47.9 Å². The van der Waals surface area contributed by atoms with Gasteiger partial charge in [-0.3, -0.25) is 14.4 Å². The van der Waals surface area contributed by atoms with Crippen LogP contribution in [0, 0.1) is 5.82 Å². The van der Waals surface area contributed by atoms with Gasteiger partial charge in [-0.25, -0.2) is 9.37 Å². The van der Waals surface area contributed by atoms with Crippen molar-refractivity contribution in [2.75, 3.05) is 23.3 Å². The van der Waals surface area contributed by atoms with Gasteiger partial charge < -0.3 is 26.6 Å². The zero-order chi connectivity index (χ0) is 25.0. The number of rotatable bonds is 7. The summed E-state index contributed by atoms with van der Waals surface area (Å²) in [4.78, 5) is 42.0. The molecule has 2 heterocycles. The van der Waals surface area contributed by atoms with E-state index in [1.807, 2.05) is 20.8 Å². The van der Waals surface area contributed by atoms with E-state index in [2.05, 4.69) is 27.5 Å². The molecule has 1 aromatic carbocycles. The number of anilines is 3. The summed E-state index contributed by atoms with van der Waals surface area (Å²) in [5.74, 6) is -1.93. The first-order chi connectivity index (χ1) is 16.0. The van der Waals surface area contributed by atoms with Crippen molar-refractivity contribution in [2.45, 2.75) is 38.8 Å². The Kier molecular flexibility index (Phi) is 7.19. The maximum Gasteiger partial charge on any atom is 0.252 e. The van der Waals surface area contributed by atoms with Crippen LogP contribution < -0.4 is 26.6 Å². The number of hydrogen-bond acceptors (Lipinski definition) is 6. The van der Waals surface area contributed by atoms with Crippen molar-refractivity contribution in [1.82, 2.24) is 15.6 Å². The van der Waals surface area contributed by atoms with E-state index in [1.165, 1.54) is 6.08 Å². The van der Waals surface area contributed by atoms with Crippen LogP contribution in [0.2, 0.25) is 0 Å². The Hall–Kier alpha value is -3.95. The van der Waals surface area contributed by atoms with E-state index in [-0.39, 0.29) is 40.6 Å². The zero-order valence-electron chi connectivity index (χ0n) is 19.4. The van der Waals surface area contributed by atoms with E-state index < -0.39 is 11.7 Å². The van der Waals surface area contributed by atoms with Gasteiger partial charge in [0.15, 0.2) is 11.6 Å². The quantitative estimate of drug-likeness (QED) is 0.462. The van der Waals surface area contributed by atoms with Gasteiger partial charge in [-0.2, -0.15) is 0 Å². The summed E-state index contributed by atoms with van der Waals surface area (Å²) in [5, 5.41) is 8.57. The molecule has 180 valence electrons. The number of hydrogen-bond donors (Lipinski definition) is 4. The summed E-state index contributed by atoms with van der Waals surface area (Å²) in [6.45, 7) is 9.98. The zero-order valence-corrected chi connectivity index (χ0v) is 19.4. The highest BCUT2D eigenvalue weighted by Crippen LogP contribution is 2.28. The fourth-order valence-corrected chi connectivity index (χ4v) is 3.57. The molecule has 1 saturated heterocycles. The van der Waals surface area contributed by atoms with Gasteiger partial charge in [-0.1, -0.05) is 6.58 Å². The lowest BCUT2D eigenvalue weighted by Crippen LogP contribution is -2.40. The first-order valence-corrected chi connectivity index (χ1v) is 10.8. The molecular formula is C24H29FN6O3. The standard InChI is InChI=1S/C24H29FN6O3/c1-5-19(32)27-16-10-11-31(13-16)22-17(20(26)33)12-18(25)21(29-22)28-15-8-6-14(7-9-15)23(34)30-24(2,3)4/h5-9,12,16H,1,10-11,13H2,2-4H3,(H2,26,33)(H,27,32)(H,28,29)(H,30,34). The molecule has 3 rings (SSSR count). The molecule has 2 aromatic rings. The van der Waals surface area contributed by atoms with E-state index in [0.29, 0.717) is 30.8 Å². The van der Waals surface area contributed by atoms with E-state index >= 15 is 0 Å². The van der Waals surface area contributed by atoms with Crippen LogP contribution in [0.15, 0.2) is 43.0 Å². The van der Waals surface area contributed by atoms with Crippen LogP contribution in [0.3, 0.4) is 0 Å². The number of carbonyl (C=O) groups excluding carboxylic acids is 3. The molecule has 34 heavy (non-hydrogen) atoms. The number of nitrogens with one attached hydrogen (secondary N) is 3. The molecule has 3 amide bonds. The van der Waals surface area contributed by atoms with E-state index in [4.69, 9.17) is 5.73 Å². The smallest absolute Gasteiger partial charge is 0.252 e. The van der Waals surface area contributed by atoms with Gasteiger partial charge in [0.05, 0.1) is 5.56 Å². The number of pyridine rings is 1. The highest BCUT2D eigenvalue weighted by Gasteiger charge is 2.28. The Balaban J connectivity index is 1.82. The van der Waals surface area contributed by atoms with Gasteiger partial charge in [0.1, 0.15) is 5.82 Å². The molecule has 1 unspecified atom stereocenters. The van der Waals surface area contributed by atoms with Gasteiger partial charge >= 0.3 is 0 Å². The number of halogens is 1. The van der Waals surface area contributed by atoms with E-state index in [0.717, 1.165) is 6.07 Å². The average molecular weight is 469 g/mol. The lowest BCUT2D eigenvalue weighted by molar-refractivity contribution is -0.117. The molecule has 1 atom stereocenters. The van der Waals surface area contributed by atoms with Crippen molar-refractivity contribution in [3.8, 4) is 0 Å². The van der Waals surface area contributed by atoms with Crippen molar-refractivity contribution in [2.24, 2.45) is 5.73 Å². The van der Waals surface area contributed by atoms with Crippen molar-refractivity contribution >= 4 is 35.0 Å². The maximum atomic E-state index is 14.8. The van der Waals surface area contributed by atoms with E-state index in [9.17, 15) is 18.8 Å². The van der Waals surface area contributed by atoms with Crippen molar-refractivity contribution < 1.29 is 18.8 Å². The SMILES string of the molecule is C=CC(=O)NC1CCN(c2nc(Nc3ccc(C(=O)NC(C)(C)C)cc3)c(F)cc2C(N)=O)C1. The molecule has 1 aliphatic rings. The largest absolute Gasteiger partial charge is 0.365 e. The van der Waals surface area contributed by atoms with Crippen LogP contribution in [0.5, 0.6) is 0 Å². The Morgan fingerprint density at radius 2 is 1.91 bits per heavy atom. The topological polar surface area (TPSA) is 129 Å². The molecule has 0 bridgehead atoms. The predicted molar refractivity (Wildman–Crippen MR) is 129 cm³/mol. The highest BCUT2D eigenvalue weighted by molar-refractivity contribution is 5.98. The fourth-order valence-electron chi connectivity index (χ4n) is 3.57. The fraction of sp³-hybridized carbons (Fsp3) is 0.333. The van der Waals surface area contributed by atoms with Crippen LogP contribution in [0.4, 0.5) is 21.7 Å². The number of benzene rings is 1. The second-order valence-corrected chi connectivity index (χ2v) is 9.11. The lowest BCUT2D eigenvalue weighted by atomic mass is 10.1. The maximum absolute atomic E-state index is 14.8. The number of amides is 3. The first kappa shape index (κ1) is 24.7. The summed E-state index contributed by atoms with van der Waals surface area (Å²) in [6.07, 6.45) is 1.81. The highest BCUT2D eigenvalue weighted by atomic mass is 19.1. The molecule has 0 spiro atoms. The molecule has 0 aliphatic carbocycles. The third-order valence-electron chi connectivity index (χ3n) is 5.14. The number of nitrogens with two attached hydrogens (primary N) is 1. The van der Waals surface area contributed by atoms with Gasteiger partial charge in [0.25, 0.3) is 11.8 Å². The second kappa shape index (κ2) is 9.90. The molecule has 10 heteroatoms. The molecule has 1 fully saturated rings. The molecule has 0 radical (unpaired) electrons. The van der Waals surface area contributed by atoms with Crippen molar-refractivity contribution in [1.29, 1.82) is 0 Å². The van der Waals surface area contributed by atoms with Gasteiger partial charge in [0, 0.05) is 35.9 Å². The van der Waals surface area contributed by atoms with E-state index in [1.54, 1.807) is 29.2 Å². The van der Waals surface area contributed by atoms with Crippen LogP contribution in [-0.4, -0.2) is 47.4 Å². The second-order valence-electron chi connectivity index (χ2n) is 9.11. The van der Waals surface area contributed by atoms with Crippen LogP contribution in [0.25, 0.3) is 0 Å². The molecule has 9 nitrogen and oxygen atoms in total. The molecule has 0 saturated carbocycles. The summed E-state index contributed by atoms with van der Waals surface area (Å²) >= 11 is 0. The Bertz CT molecular complexity index is 1110. The van der Waals surface area contributed by atoms with Gasteiger partial charge in [-0.05, 0) is 63.6 Å². The molecule has 1 aliphatic heterocycles. The number of aromatic nitrogens is 1. The molecule has 1 aromatic heterocycles. The summed E-state index contributed by atoms with van der Waals surface area (Å²) in [7, 11) is 0. The Morgan fingerprint density at radius 1 is 1.24 bits per heavy atom. The predicted octanol–water partition coefficient (Wildman–Crippen LogP) is 2.47. The number of carbonyl (C=O) groups is 3. The summed E-state index contributed by atoms with van der Waals surface area (Å²) < 4.78 is 14.8. The van der Waals surface area contributed by atoms with Crippen molar-refractivity contribution in [3.63, 3.8) is 0 Å². The molecular weight excluding hydrogens is 439 g/mol. The minimum Gasteiger partial charge on any atom is -0.365 e. The minimum absolute atomic E-state index is 0.0482. The summed E-state index contributed by atoms with van der Waals surface area (Å²) in [5.41, 5.74) is 6.02. The Labute approximate surface area is 197 Å². The monoisotopic (exact) mass is 468 g/mol. The third-order valence-corrected chi connectivity index (χ3v) is 5.14. The first-order valence-electron chi connectivity index (χ1n) is 10.8. The molecule has 5 N–H and O–H groups in total. The van der Waals surface area contributed by atoms with Crippen LogP contribution >= 0.6 is 0 Å². The Morgan fingerprint density at radius 3 is 2.50 bits per heavy atom. The number of primary amides is 1. The third kappa shape index (κ3) is 6.09. The lowest BCUT2D eigenvalue weighted by Gasteiger charge is -2.21. The summed E-state index contributed by atoms with van der Waals surface area (Å²) in [6, 6.07) is 7.39. The van der Waals surface area contributed by atoms with Gasteiger partial charge in [-0.15, -0.1) is 0 Å². The number of nitrogens with zero attached hydrogens (tertiary/aromatic N) is 2.